The van der Waals surface area contributed by atoms with Crippen molar-refractivity contribution < 1.29 is 31.5 Å². The molecule has 0 atom stereocenters. The van der Waals surface area contributed by atoms with Gasteiger partial charge in [0.2, 0.25) is 10.0 Å². The predicted molar refractivity (Wildman–Crippen MR) is 119 cm³/mol. The summed E-state index contributed by atoms with van der Waals surface area (Å²) in [5, 5.41) is 9.93. The van der Waals surface area contributed by atoms with Gasteiger partial charge in [0.15, 0.2) is 10.7 Å². The number of aliphatic carboxylic acids is 1. The fraction of sp³-hybridized carbons (Fsp3) is 0.318. The minimum Gasteiger partial charge on any atom is -0.480 e. The Morgan fingerprint density at radius 1 is 1.06 bits per heavy atom. The summed E-state index contributed by atoms with van der Waals surface area (Å²) in [6.45, 7) is 5.37. The first-order valence-corrected chi connectivity index (χ1v) is 12.6. The number of hydrogen-bond donors (Lipinski definition) is 2. The van der Waals surface area contributed by atoms with Gasteiger partial charge in [-0.1, -0.05) is 25.0 Å². The number of nitrogens with zero attached hydrogens (tertiary/aromatic N) is 1. The van der Waals surface area contributed by atoms with Gasteiger partial charge in [0, 0.05) is 6.54 Å². The molecule has 0 heterocycles. The molecule has 1 N–H and O–H groups in total. The van der Waals surface area contributed by atoms with Gasteiger partial charge in [-0.2, -0.15) is 4.31 Å². The van der Waals surface area contributed by atoms with Crippen molar-refractivity contribution in [2.75, 3.05) is 6.54 Å². The van der Waals surface area contributed by atoms with Crippen LogP contribution >= 0.6 is 0 Å². The van der Waals surface area contributed by atoms with Gasteiger partial charge in [0.25, 0.3) is 0 Å². The monoisotopic (exact) mass is 479 g/mol. The van der Waals surface area contributed by atoms with E-state index in [4.69, 9.17) is 4.74 Å². The quantitative estimate of drug-likeness (QED) is 0.418. The van der Waals surface area contributed by atoms with Gasteiger partial charge in [-0.05, 0) is 68.3 Å². The largest absolute Gasteiger partial charge is 0.480 e. The molecule has 1 aliphatic carbocycles. The summed E-state index contributed by atoms with van der Waals surface area (Å²) in [4.78, 5) is 12.3. The first-order valence-electron chi connectivity index (χ1n) is 9.99. The highest BCUT2D eigenvalue weighted by molar-refractivity contribution is 7.89. The van der Waals surface area contributed by atoms with Gasteiger partial charge < -0.3 is 9.84 Å². The molecule has 0 aromatic heterocycles. The molecule has 0 spiro atoms. The lowest BCUT2D eigenvalue weighted by Gasteiger charge is -2.37. The van der Waals surface area contributed by atoms with Gasteiger partial charge in [-0.25, -0.2) is 16.8 Å². The van der Waals surface area contributed by atoms with E-state index in [1.54, 1.807) is 6.92 Å². The van der Waals surface area contributed by atoms with E-state index in [-0.39, 0.29) is 29.2 Å². The van der Waals surface area contributed by atoms with E-state index in [1.807, 2.05) is 0 Å². The van der Waals surface area contributed by atoms with Gasteiger partial charge in [0.05, 0.1) is 9.79 Å². The standard InChI is InChI=1S/C22H25NO7S2/c1-16(2)15-23(22(21(24)25)13-3-4-14-22)32(28,29)20-11-7-18(8-12-20)30-17-5-9-19(10-6-17)31(26)27/h5-12,31H,1,3-4,13-15H2,2H3,(H,24,25). The maximum atomic E-state index is 13.5. The van der Waals surface area contributed by atoms with E-state index in [2.05, 4.69) is 6.58 Å². The zero-order chi connectivity index (χ0) is 23.5. The van der Waals surface area contributed by atoms with Crippen LogP contribution in [0.4, 0.5) is 0 Å². The number of carboxylic acids is 1. The molecule has 172 valence electrons. The second-order valence-corrected chi connectivity index (χ2v) is 10.7. The average molecular weight is 480 g/mol. The van der Waals surface area contributed by atoms with Crippen molar-refractivity contribution in [1.82, 2.24) is 4.31 Å². The topological polar surface area (TPSA) is 118 Å². The molecule has 1 fully saturated rings. The Kier molecular flexibility index (Phi) is 7.06. The molecule has 10 heteroatoms. The van der Waals surface area contributed by atoms with Crippen molar-refractivity contribution in [3.63, 3.8) is 0 Å². The molecule has 2 aromatic carbocycles. The number of rotatable bonds is 9. The number of ether oxygens (including phenoxy) is 1. The van der Waals surface area contributed by atoms with Gasteiger partial charge in [-0.3, -0.25) is 4.79 Å². The summed E-state index contributed by atoms with van der Waals surface area (Å²) >= 11 is 0. The molecule has 0 bridgehead atoms. The summed E-state index contributed by atoms with van der Waals surface area (Å²) in [7, 11) is -6.80. The molecule has 32 heavy (non-hydrogen) atoms. The molecule has 3 rings (SSSR count). The van der Waals surface area contributed by atoms with E-state index < -0.39 is 32.2 Å². The van der Waals surface area contributed by atoms with Crippen molar-refractivity contribution in [1.29, 1.82) is 0 Å². The van der Waals surface area contributed by atoms with E-state index in [0.717, 1.165) is 4.31 Å². The van der Waals surface area contributed by atoms with Crippen LogP contribution in [-0.4, -0.2) is 44.3 Å². The predicted octanol–water partition coefficient (Wildman–Crippen LogP) is 3.41. The third-order valence-corrected chi connectivity index (χ3v) is 8.06. The molecule has 0 aliphatic heterocycles. The fourth-order valence-electron chi connectivity index (χ4n) is 3.82. The van der Waals surface area contributed by atoms with Crippen molar-refractivity contribution in [3.8, 4) is 11.5 Å². The Balaban J connectivity index is 1.89. The third kappa shape index (κ3) is 4.87. The lowest BCUT2D eigenvalue weighted by atomic mass is 9.97. The first kappa shape index (κ1) is 24.0. The Morgan fingerprint density at radius 3 is 2.00 bits per heavy atom. The lowest BCUT2D eigenvalue weighted by molar-refractivity contribution is -0.148. The number of sulfonamides is 1. The second kappa shape index (κ2) is 9.43. The molecule has 1 aliphatic rings. The SMILES string of the molecule is C=C(C)CN(C1(C(=O)O)CCCC1)S(=O)(=O)c1ccc(Oc2ccc([SH](=O)=O)cc2)cc1. The van der Waals surface area contributed by atoms with Gasteiger partial charge >= 0.3 is 5.97 Å². The van der Waals surface area contributed by atoms with Crippen LogP contribution in [-0.2, 0) is 25.5 Å². The van der Waals surface area contributed by atoms with Gasteiger partial charge in [-0.15, -0.1) is 0 Å². The Bertz CT molecular complexity index is 1170. The van der Waals surface area contributed by atoms with E-state index in [0.29, 0.717) is 29.9 Å². The molecular weight excluding hydrogens is 454 g/mol. The van der Waals surface area contributed by atoms with Gasteiger partial charge in [0.1, 0.15) is 17.0 Å². The molecular formula is C22H25NO7S2. The molecule has 0 unspecified atom stereocenters. The zero-order valence-corrected chi connectivity index (χ0v) is 19.3. The van der Waals surface area contributed by atoms with Crippen LogP contribution in [0, 0.1) is 0 Å². The number of hydrogen-bond acceptors (Lipinski definition) is 6. The van der Waals surface area contributed by atoms with Crippen LogP contribution < -0.4 is 4.74 Å². The summed E-state index contributed by atoms with van der Waals surface area (Å²) in [6, 6.07) is 11.5. The molecule has 1 saturated carbocycles. The number of thiol groups is 1. The fourth-order valence-corrected chi connectivity index (χ4v) is 6.06. The van der Waals surface area contributed by atoms with Crippen molar-refractivity contribution in [2.45, 2.75) is 47.9 Å². The van der Waals surface area contributed by atoms with Crippen molar-refractivity contribution in [2.24, 2.45) is 0 Å². The zero-order valence-electron chi connectivity index (χ0n) is 17.6. The summed E-state index contributed by atoms with van der Waals surface area (Å²) < 4.78 is 55.6. The Labute approximate surface area is 189 Å². The minimum atomic E-state index is -4.12. The lowest BCUT2D eigenvalue weighted by Crippen LogP contribution is -2.55. The average Bonchev–Trinajstić information content (AvgIpc) is 3.23. The highest BCUT2D eigenvalue weighted by Crippen LogP contribution is 2.39. The molecule has 2 aromatic rings. The van der Waals surface area contributed by atoms with Crippen LogP contribution in [0.25, 0.3) is 0 Å². The van der Waals surface area contributed by atoms with Crippen molar-refractivity contribution in [3.05, 3.63) is 60.7 Å². The van der Waals surface area contributed by atoms with Crippen LogP contribution in [0.15, 0.2) is 70.5 Å². The maximum Gasteiger partial charge on any atom is 0.325 e. The van der Waals surface area contributed by atoms with E-state index in [9.17, 15) is 26.7 Å². The minimum absolute atomic E-state index is 0.0441. The maximum absolute atomic E-state index is 13.5. The molecule has 8 nitrogen and oxygen atoms in total. The smallest absolute Gasteiger partial charge is 0.325 e. The van der Waals surface area contributed by atoms with Crippen LogP contribution in [0.1, 0.15) is 32.6 Å². The number of carbonyl (C=O) groups is 1. The van der Waals surface area contributed by atoms with Crippen LogP contribution in [0.2, 0.25) is 0 Å². The van der Waals surface area contributed by atoms with E-state index in [1.165, 1.54) is 48.5 Å². The highest BCUT2D eigenvalue weighted by atomic mass is 32.2. The summed E-state index contributed by atoms with van der Waals surface area (Å²) in [5.74, 6) is -0.410. The summed E-state index contributed by atoms with van der Waals surface area (Å²) in [6.07, 6.45) is 1.78. The number of carboxylic acid groups (broad SMARTS) is 1. The second-order valence-electron chi connectivity index (χ2n) is 7.84. The summed E-state index contributed by atoms with van der Waals surface area (Å²) in [5.41, 5.74) is -0.943. The Hall–Kier alpha value is -2.69. The molecule has 0 saturated heterocycles. The van der Waals surface area contributed by atoms with Crippen molar-refractivity contribution >= 4 is 26.7 Å². The third-order valence-electron chi connectivity index (χ3n) is 5.41. The molecule has 0 radical (unpaired) electrons. The van der Waals surface area contributed by atoms with E-state index >= 15 is 0 Å². The first-order chi connectivity index (χ1) is 15.1. The Morgan fingerprint density at radius 2 is 1.56 bits per heavy atom. The normalized spacial score (nSPS) is 15.7. The molecule has 0 amide bonds. The highest BCUT2D eigenvalue weighted by Gasteiger charge is 2.51. The van der Waals surface area contributed by atoms with Crippen LogP contribution in [0.5, 0.6) is 11.5 Å². The number of benzene rings is 2. The van der Waals surface area contributed by atoms with Crippen LogP contribution in [0.3, 0.4) is 0 Å².